The van der Waals surface area contributed by atoms with Crippen molar-refractivity contribution in [3.8, 4) is 5.75 Å². The van der Waals surface area contributed by atoms with Gasteiger partial charge in [-0.3, -0.25) is 4.79 Å². The molecule has 11 nitrogen and oxygen atoms in total. The van der Waals surface area contributed by atoms with E-state index in [2.05, 4.69) is 27.2 Å². The lowest BCUT2D eigenvalue weighted by molar-refractivity contribution is -0.137. The third-order valence-corrected chi connectivity index (χ3v) is 7.35. The SMILES string of the molecule is C=CC(=O)Nc1cc(Nc2ncc3c(n2)N(c2ccc(C(F)(F)F)cc2)C(=O)N(C(C)C)C3)c(OCC(F)F)cc1N(C)CCN(C)C. The summed E-state index contributed by atoms with van der Waals surface area (Å²) in [5.74, 6) is -0.478. The summed E-state index contributed by atoms with van der Waals surface area (Å²) in [5, 5.41) is 5.67. The second-order valence-electron chi connectivity index (χ2n) is 11.5. The lowest BCUT2D eigenvalue weighted by atomic mass is 10.1. The van der Waals surface area contributed by atoms with Crippen LogP contribution in [0, 0.1) is 0 Å². The molecule has 2 aromatic carbocycles. The van der Waals surface area contributed by atoms with Gasteiger partial charge in [0.05, 0.1) is 34.9 Å². The normalized spacial score (nSPS) is 13.2. The van der Waals surface area contributed by atoms with Crippen LogP contribution in [-0.2, 0) is 17.5 Å². The second-order valence-corrected chi connectivity index (χ2v) is 11.5. The minimum absolute atomic E-state index is 0.00146. The fraction of sp³-hybridized carbons (Fsp3) is 0.375. The lowest BCUT2D eigenvalue weighted by Gasteiger charge is -2.38. The highest BCUT2D eigenvalue weighted by molar-refractivity contribution is 6.02. The largest absolute Gasteiger partial charge is 0.485 e. The van der Waals surface area contributed by atoms with Crippen molar-refractivity contribution in [3.63, 3.8) is 0 Å². The molecule has 0 fully saturated rings. The van der Waals surface area contributed by atoms with E-state index < -0.39 is 36.7 Å². The molecule has 1 aliphatic heterocycles. The molecule has 0 unspecified atom stereocenters. The summed E-state index contributed by atoms with van der Waals surface area (Å²) >= 11 is 0. The lowest BCUT2D eigenvalue weighted by Crippen LogP contribution is -2.48. The molecule has 0 spiro atoms. The number of carbonyl (C=O) groups excluding carboxylic acids is 2. The van der Waals surface area contributed by atoms with Gasteiger partial charge >= 0.3 is 12.2 Å². The van der Waals surface area contributed by atoms with Gasteiger partial charge in [-0.2, -0.15) is 18.2 Å². The van der Waals surface area contributed by atoms with Crippen LogP contribution in [-0.4, -0.2) is 85.0 Å². The number of aromatic nitrogens is 2. The van der Waals surface area contributed by atoms with Crippen molar-refractivity contribution in [3.05, 3.63) is 66.4 Å². The Morgan fingerprint density at radius 1 is 1.10 bits per heavy atom. The zero-order chi connectivity index (χ0) is 35.3. The molecule has 3 amide bonds. The van der Waals surface area contributed by atoms with Crippen molar-refractivity contribution < 1.29 is 36.3 Å². The molecule has 3 aromatic rings. The number of carbonyl (C=O) groups is 2. The molecule has 16 heteroatoms. The van der Waals surface area contributed by atoms with Crippen molar-refractivity contribution in [2.45, 2.75) is 39.0 Å². The summed E-state index contributed by atoms with van der Waals surface area (Å²) in [5.41, 5.74) is 0.672. The summed E-state index contributed by atoms with van der Waals surface area (Å²) in [6.07, 6.45) is -4.82. The monoisotopic (exact) mass is 676 g/mol. The number of nitrogens with zero attached hydrogens (tertiary/aromatic N) is 6. The van der Waals surface area contributed by atoms with Crippen LogP contribution in [0.3, 0.4) is 0 Å². The number of nitrogens with one attached hydrogen (secondary N) is 2. The van der Waals surface area contributed by atoms with Gasteiger partial charge in [-0.15, -0.1) is 0 Å². The van der Waals surface area contributed by atoms with Gasteiger partial charge in [0.15, 0.2) is 5.82 Å². The standard InChI is InChI=1S/C32H37F5N8O3/c1-7-28(46)39-23-14-24(26(48-18-27(33)34)15-25(23)43(6)13-12-42(4)5)40-30-38-16-20-17-44(19(2)3)31(47)45(29(20)41-30)22-10-8-21(9-11-22)32(35,36)37/h7-11,14-16,19,27H,1,12-13,17-18H2,2-6H3,(H,39,46)(H,38,40,41). The van der Waals surface area contributed by atoms with Crippen LogP contribution < -0.4 is 25.2 Å². The summed E-state index contributed by atoms with van der Waals surface area (Å²) in [6, 6.07) is 6.32. The molecule has 2 heterocycles. The van der Waals surface area contributed by atoms with Crippen LogP contribution in [0.4, 0.5) is 61.3 Å². The topological polar surface area (TPSA) is 106 Å². The quantitative estimate of drug-likeness (QED) is 0.157. The van der Waals surface area contributed by atoms with Crippen molar-refractivity contribution in [2.75, 3.05) is 61.3 Å². The Hall–Kier alpha value is -4.99. The van der Waals surface area contributed by atoms with Crippen molar-refractivity contribution in [1.82, 2.24) is 19.8 Å². The fourth-order valence-corrected chi connectivity index (χ4v) is 4.80. The Morgan fingerprint density at radius 2 is 1.79 bits per heavy atom. The average molecular weight is 677 g/mol. The van der Waals surface area contributed by atoms with E-state index in [0.717, 1.165) is 18.2 Å². The minimum Gasteiger partial charge on any atom is -0.485 e. The Kier molecular flexibility index (Phi) is 11.1. The van der Waals surface area contributed by atoms with Gasteiger partial charge in [-0.1, -0.05) is 6.58 Å². The highest BCUT2D eigenvalue weighted by Crippen LogP contribution is 2.40. The van der Waals surface area contributed by atoms with Crippen LogP contribution in [0.2, 0.25) is 0 Å². The van der Waals surface area contributed by atoms with Crippen LogP contribution in [0.25, 0.3) is 0 Å². The predicted octanol–water partition coefficient (Wildman–Crippen LogP) is 6.49. The molecule has 0 radical (unpaired) electrons. The van der Waals surface area contributed by atoms with Crippen molar-refractivity contribution in [2.24, 2.45) is 0 Å². The van der Waals surface area contributed by atoms with Gasteiger partial charge in [0.2, 0.25) is 11.9 Å². The van der Waals surface area contributed by atoms with Gasteiger partial charge in [0.25, 0.3) is 6.43 Å². The summed E-state index contributed by atoms with van der Waals surface area (Å²) in [6.45, 7) is 7.46. The number of hydrogen-bond acceptors (Lipinski definition) is 8. The average Bonchev–Trinajstić information content (AvgIpc) is 3.02. The second kappa shape index (κ2) is 14.8. The molecule has 4 rings (SSSR count). The van der Waals surface area contributed by atoms with E-state index in [-0.39, 0.29) is 41.5 Å². The molecule has 0 bridgehead atoms. The third-order valence-electron chi connectivity index (χ3n) is 7.35. The van der Waals surface area contributed by atoms with Crippen LogP contribution in [0.5, 0.6) is 5.75 Å². The van der Waals surface area contributed by atoms with E-state index in [1.165, 1.54) is 40.3 Å². The number of amides is 3. The molecule has 1 aromatic heterocycles. The summed E-state index contributed by atoms with van der Waals surface area (Å²) in [4.78, 5) is 41.4. The molecule has 0 atom stereocenters. The molecule has 258 valence electrons. The fourth-order valence-electron chi connectivity index (χ4n) is 4.80. The Bertz CT molecular complexity index is 1630. The molecule has 0 saturated carbocycles. The minimum atomic E-state index is -4.57. The highest BCUT2D eigenvalue weighted by atomic mass is 19.4. The predicted molar refractivity (Wildman–Crippen MR) is 174 cm³/mol. The van der Waals surface area contributed by atoms with E-state index in [9.17, 15) is 31.5 Å². The van der Waals surface area contributed by atoms with E-state index in [1.54, 1.807) is 20.9 Å². The Morgan fingerprint density at radius 3 is 2.38 bits per heavy atom. The first-order valence-corrected chi connectivity index (χ1v) is 14.9. The van der Waals surface area contributed by atoms with E-state index in [1.807, 2.05) is 23.9 Å². The number of halogens is 5. The number of benzene rings is 2. The Balaban J connectivity index is 1.80. The number of hydrogen-bond donors (Lipinski definition) is 2. The van der Waals surface area contributed by atoms with Crippen molar-refractivity contribution >= 4 is 46.5 Å². The number of likely N-dealkylation sites (N-methyl/N-ethyl adjacent to an activating group) is 2. The first-order chi connectivity index (χ1) is 22.6. The first-order valence-electron chi connectivity index (χ1n) is 14.9. The molecule has 0 saturated heterocycles. The Labute approximate surface area is 275 Å². The molecule has 0 aliphatic carbocycles. The number of fused-ring (bicyclic) bond motifs is 1. The highest BCUT2D eigenvalue weighted by Gasteiger charge is 2.36. The van der Waals surface area contributed by atoms with Crippen LogP contribution in [0.15, 0.2) is 55.3 Å². The summed E-state index contributed by atoms with van der Waals surface area (Å²) in [7, 11) is 5.56. The van der Waals surface area contributed by atoms with Gasteiger partial charge in [-0.05, 0) is 64.4 Å². The van der Waals surface area contributed by atoms with Crippen molar-refractivity contribution in [1.29, 1.82) is 0 Å². The maximum atomic E-state index is 13.7. The number of rotatable bonds is 13. The van der Waals surface area contributed by atoms with E-state index >= 15 is 0 Å². The summed E-state index contributed by atoms with van der Waals surface area (Å²) < 4.78 is 71.9. The van der Waals surface area contributed by atoms with Gasteiger partial charge in [0.1, 0.15) is 12.4 Å². The number of alkyl halides is 5. The molecule has 2 N–H and O–H groups in total. The maximum absolute atomic E-state index is 13.7. The van der Waals surface area contributed by atoms with Gasteiger partial charge in [0, 0.05) is 44.0 Å². The first kappa shape index (κ1) is 35.9. The zero-order valence-electron chi connectivity index (χ0n) is 27.1. The van der Waals surface area contributed by atoms with Gasteiger partial charge in [-0.25, -0.2) is 23.5 Å². The van der Waals surface area contributed by atoms with E-state index in [0.29, 0.717) is 30.0 Å². The number of ether oxygens (including phenoxy) is 1. The molecule has 1 aliphatic rings. The number of anilines is 6. The van der Waals surface area contributed by atoms with Gasteiger partial charge < -0.3 is 30.1 Å². The third kappa shape index (κ3) is 8.48. The van der Waals surface area contributed by atoms with Crippen LogP contribution >= 0.6 is 0 Å². The molecule has 48 heavy (non-hydrogen) atoms. The van der Waals surface area contributed by atoms with E-state index in [4.69, 9.17) is 4.74 Å². The zero-order valence-corrected chi connectivity index (χ0v) is 27.1. The molecular formula is C32H37F5N8O3. The van der Waals surface area contributed by atoms with Crippen LogP contribution in [0.1, 0.15) is 25.0 Å². The molecular weight excluding hydrogens is 639 g/mol. The maximum Gasteiger partial charge on any atom is 0.416 e. The smallest absolute Gasteiger partial charge is 0.416 e. The number of urea groups is 1.